The molecule has 3 aromatic rings. The number of nitrogens with zero attached hydrogens (tertiary/aromatic N) is 7. The van der Waals surface area contributed by atoms with E-state index in [1.807, 2.05) is 26.8 Å². The number of tetrazole rings is 1. The van der Waals surface area contributed by atoms with Gasteiger partial charge in [-0.1, -0.05) is 31.2 Å². The van der Waals surface area contributed by atoms with Crippen LogP contribution in [0, 0.1) is 0 Å². The highest BCUT2D eigenvalue weighted by Gasteiger charge is 2.17. The van der Waals surface area contributed by atoms with Crippen LogP contribution in [0.3, 0.4) is 0 Å². The molecule has 0 fully saturated rings. The van der Waals surface area contributed by atoms with Gasteiger partial charge in [-0.25, -0.2) is 4.68 Å². The molecule has 0 unspecified atom stereocenters. The number of carbonyl (C=O) groups is 1. The predicted octanol–water partition coefficient (Wildman–Crippen LogP) is 1.96. The minimum absolute atomic E-state index is 0.234. The third kappa shape index (κ3) is 4.47. The maximum Gasteiger partial charge on any atom is 0.219 e. The van der Waals surface area contributed by atoms with Gasteiger partial charge in [0, 0.05) is 19.5 Å². The molecule has 138 valence electrons. The third-order valence-electron chi connectivity index (χ3n) is 3.70. The topological polar surface area (TPSA) is 117 Å². The Morgan fingerprint density at radius 1 is 1.31 bits per heavy atom. The summed E-state index contributed by atoms with van der Waals surface area (Å²) in [5.74, 6) is 1.77. The van der Waals surface area contributed by atoms with Crippen molar-refractivity contribution in [2.45, 2.75) is 50.2 Å². The van der Waals surface area contributed by atoms with Crippen molar-refractivity contribution in [3.05, 3.63) is 23.3 Å². The molecule has 0 aliphatic rings. The summed E-state index contributed by atoms with van der Waals surface area (Å²) in [6.45, 7) is 3.37. The normalized spacial score (nSPS) is 11.1. The maximum absolute atomic E-state index is 11.2. The average Bonchev–Trinajstić information content (AvgIpc) is 3.36. The number of hydrogen-bond acceptors (Lipinski definition) is 8. The number of thiophene rings is 1. The standard InChI is InChI=1S/C15H20N8OS2/c1-2-3-7-23-13(17-20-21-23)10-26-15-19-18-14(11-5-4-9-25-11)22(15)8-6-12(16)24/h4-5,9H,2-3,6-8,10H2,1H3,(H2,16,24). The SMILES string of the molecule is CCCCn1nnnc1CSc1nnc(-c2cccs2)n1CCC(N)=O. The Labute approximate surface area is 159 Å². The third-order valence-corrected chi connectivity index (χ3v) is 5.53. The summed E-state index contributed by atoms with van der Waals surface area (Å²) in [4.78, 5) is 12.2. The minimum atomic E-state index is -0.352. The summed E-state index contributed by atoms with van der Waals surface area (Å²) < 4.78 is 3.75. The molecule has 0 aliphatic heterocycles. The Kier molecular flexibility index (Phi) is 6.34. The molecular weight excluding hydrogens is 372 g/mol. The molecule has 0 saturated heterocycles. The number of amides is 1. The van der Waals surface area contributed by atoms with Crippen molar-refractivity contribution in [3.63, 3.8) is 0 Å². The van der Waals surface area contributed by atoms with Crippen LogP contribution in [0.25, 0.3) is 10.7 Å². The molecule has 3 rings (SSSR count). The first-order valence-corrected chi connectivity index (χ1v) is 10.2. The van der Waals surface area contributed by atoms with Crippen LogP contribution >= 0.6 is 23.1 Å². The number of rotatable bonds is 10. The number of carbonyl (C=O) groups excluding carboxylic acids is 1. The Hall–Kier alpha value is -2.27. The molecule has 0 aromatic carbocycles. The lowest BCUT2D eigenvalue weighted by Gasteiger charge is -2.08. The average molecular weight is 393 g/mol. The summed E-state index contributed by atoms with van der Waals surface area (Å²) in [6, 6.07) is 3.94. The van der Waals surface area contributed by atoms with Gasteiger partial charge in [-0.2, -0.15) is 0 Å². The molecule has 0 radical (unpaired) electrons. The zero-order valence-corrected chi connectivity index (χ0v) is 16.0. The second-order valence-electron chi connectivity index (χ2n) is 5.61. The van der Waals surface area contributed by atoms with E-state index >= 15 is 0 Å². The highest BCUT2D eigenvalue weighted by Crippen LogP contribution is 2.28. The van der Waals surface area contributed by atoms with Crippen molar-refractivity contribution in [1.82, 2.24) is 35.0 Å². The monoisotopic (exact) mass is 392 g/mol. The second kappa shape index (κ2) is 8.90. The lowest BCUT2D eigenvalue weighted by molar-refractivity contribution is -0.118. The summed E-state index contributed by atoms with van der Waals surface area (Å²) in [7, 11) is 0. The molecule has 26 heavy (non-hydrogen) atoms. The Bertz CT molecular complexity index is 842. The Morgan fingerprint density at radius 2 is 2.19 bits per heavy atom. The van der Waals surface area contributed by atoms with Crippen LogP contribution in [0.4, 0.5) is 0 Å². The predicted molar refractivity (Wildman–Crippen MR) is 99.4 cm³/mol. The van der Waals surface area contributed by atoms with Gasteiger partial charge in [-0.3, -0.25) is 4.79 Å². The molecule has 0 spiro atoms. The number of primary amides is 1. The fraction of sp³-hybridized carbons (Fsp3) is 0.467. The first-order valence-electron chi connectivity index (χ1n) is 8.32. The minimum Gasteiger partial charge on any atom is -0.370 e. The molecule has 0 atom stereocenters. The van der Waals surface area contributed by atoms with Crippen molar-refractivity contribution in [1.29, 1.82) is 0 Å². The van der Waals surface area contributed by atoms with Gasteiger partial charge in [-0.05, 0) is 28.3 Å². The molecule has 0 aliphatic carbocycles. The van der Waals surface area contributed by atoms with Gasteiger partial charge in [0.2, 0.25) is 5.91 Å². The fourth-order valence-corrected chi connectivity index (χ4v) is 3.96. The number of nitrogens with two attached hydrogens (primary N) is 1. The largest absolute Gasteiger partial charge is 0.370 e. The van der Waals surface area contributed by atoms with E-state index in [1.165, 1.54) is 11.8 Å². The van der Waals surface area contributed by atoms with Crippen LogP contribution in [-0.4, -0.2) is 40.9 Å². The van der Waals surface area contributed by atoms with E-state index in [2.05, 4.69) is 32.6 Å². The molecule has 3 aromatic heterocycles. The molecule has 9 nitrogen and oxygen atoms in total. The van der Waals surface area contributed by atoms with Crippen LogP contribution in [0.1, 0.15) is 32.0 Å². The van der Waals surface area contributed by atoms with E-state index in [4.69, 9.17) is 5.73 Å². The zero-order valence-electron chi connectivity index (χ0n) is 14.4. The van der Waals surface area contributed by atoms with Crippen molar-refractivity contribution in [3.8, 4) is 10.7 Å². The zero-order chi connectivity index (χ0) is 18.4. The number of aryl methyl sites for hydroxylation is 1. The first kappa shape index (κ1) is 18.5. The Balaban J connectivity index is 1.77. The molecular formula is C15H20N8OS2. The quantitative estimate of drug-likeness (QED) is 0.524. The van der Waals surface area contributed by atoms with E-state index < -0.39 is 0 Å². The van der Waals surface area contributed by atoms with Crippen LogP contribution in [0.2, 0.25) is 0 Å². The molecule has 1 amide bonds. The van der Waals surface area contributed by atoms with Crippen LogP contribution in [0.5, 0.6) is 0 Å². The first-order chi connectivity index (χ1) is 12.7. The highest BCUT2D eigenvalue weighted by molar-refractivity contribution is 7.98. The lowest BCUT2D eigenvalue weighted by Crippen LogP contribution is -2.15. The van der Waals surface area contributed by atoms with Gasteiger partial charge in [-0.15, -0.1) is 26.6 Å². The van der Waals surface area contributed by atoms with Crippen molar-refractivity contribution in [2.75, 3.05) is 0 Å². The van der Waals surface area contributed by atoms with E-state index in [1.54, 1.807) is 11.3 Å². The number of hydrogen-bond donors (Lipinski definition) is 1. The smallest absolute Gasteiger partial charge is 0.219 e. The van der Waals surface area contributed by atoms with Gasteiger partial charge in [0.05, 0.1) is 10.6 Å². The maximum atomic E-state index is 11.2. The molecule has 0 saturated carbocycles. The molecule has 2 N–H and O–H groups in total. The van der Waals surface area contributed by atoms with E-state index in [-0.39, 0.29) is 12.3 Å². The number of thioether (sulfide) groups is 1. The summed E-state index contributed by atoms with van der Waals surface area (Å²) >= 11 is 3.08. The van der Waals surface area contributed by atoms with Crippen LogP contribution < -0.4 is 5.73 Å². The van der Waals surface area contributed by atoms with Crippen molar-refractivity contribution in [2.24, 2.45) is 5.73 Å². The van der Waals surface area contributed by atoms with Crippen molar-refractivity contribution < 1.29 is 4.79 Å². The molecule has 3 heterocycles. The van der Waals surface area contributed by atoms with Gasteiger partial charge in [0.1, 0.15) is 0 Å². The fourth-order valence-electron chi connectivity index (χ4n) is 2.34. The highest BCUT2D eigenvalue weighted by atomic mass is 32.2. The van der Waals surface area contributed by atoms with Gasteiger partial charge in [0.15, 0.2) is 16.8 Å². The molecule has 11 heteroatoms. The summed E-state index contributed by atoms with van der Waals surface area (Å²) in [5.41, 5.74) is 5.32. The van der Waals surface area contributed by atoms with Gasteiger partial charge in [0.25, 0.3) is 0 Å². The van der Waals surface area contributed by atoms with Crippen molar-refractivity contribution >= 4 is 29.0 Å². The number of aromatic nitrogens is 7. The van der Waals surface area contributed by atoms with Crippen LogP contribution in [0.15, 0.2) is 22.7 Å². The molecule has 0 bridgehead atoms. The van der Waals surface area contributed by atoms with E-state index in [0.29, 0.717) is 12.3 Å². The van der Waals surface area contributed by atoms with Gasteiger partial charge >= 0.3 is 0 Å². The van der Waals surface area contributed by atoms with E-state index in [0.717, 1.165) is 41.1 Å². The van der Waals surface area contributed by atoms with E-state index in [9.17, 15) is 4.79 Å². The lowest BCUT2D eigenvalue weighted by atomic mass is 10.3. The Morgan fingerprint density at radius 3 is 2.92 bits per heavy atom. The second-order valence-corrected chi connectivity index (χ2v) is 7.50. The summed E-state index contributed by atoms with van der Waals surface area (Å²) in [6.07, 6.45) is 2.34. The van der Waals surface area contributed by atoms with Gasteiger partial charge < -0.3 is 10.3 Å². The van der Waals surface area contributed by atoms with Crippen LogP contribution in [-0.2, 0) is 23.6 Å². The number of unbranched alkanes of at least 4 members (excludes halogenated alkanes) is 1. The summed E-state index contributed by atoms with van der Waals surface area (Å²) in [5, 5.41) is 23.2.